The molecule has 9 heteroatoms. The molecule has 0 aliphatic carbocycles. The first-order valence-electron chi connectivity index (χ1n) is 10.7. The van der Waals surface area contributed by atoms with Gasteiger partial charge in [0.1, 0.15) is 17.3 Å². The number of ether oxygens (including phenoxy) is 2. The fourth-order valence-electron chi connectivity index (χ4n) is 3.77. The predicted octanol–water partition coefficient (Wildman–Crippen LogP) is 3.06. The van der Waals surface area contributed by atoms with Gasteiger partial charge in [-0.2, -0.15) is 4.98 Å². The van der Waals surface area contributed by atoms with Gasteiger partial charge in [-0.05, 0) is 30.7 Å². The largest absolute Gasteiger partial charge is 0.497 e. The summed E-state index contributed by atoms with van der Waals surface area (Å²) < 4.78 is 16.1. The number of methoxy groups -OCH3 is 2. The lowest BCUT2D eigenvalue weighted by molar-refractivity contribution is 0.0766. The molecule has 1 amide bonds. The summed E-state index contributed by atoms with van der Waals surface area (Å²) in [6.45, 7) is 4.61. The molecule has 0 saturated carbocycles. The highest BCUT2D eigenvalue weighted by Crippen LogP contribution is 2.29. The highest BCUT2D eigenvalue weighted by Gasteiger charge is 2.24. The fraction of sp³-hybridized carbons (Fsp3) is 0.391. The average molecular weight is 438 g/mol. The Balaban J connectivity index is 1.53. The average Bonchev–Trinajstić information content (AvgIpc) is 3.20. The lowest BCUT2D eigenvalue weighted by Crippen LogP contribution is -2.35. The Labute approximate surface area is 187 Å². The SMILES string of the molecule is CCc1noc(-c2cccnc2N2CCCN(C(=O)c3cc(OC)cc(OC)c3)CC2)n1. The van der Waals surface area contributed by atoms with Crippen LogP contribution in [-0.2, 0) is 6.42 Å². The van der Waals surface area contributed by atoms with Gasteiger partial charge in [0.25, 0.3) is 11.8 Å². The Morgan fingerprint density at radius 2 is 1.88 bits per heavy atom. The summed E-state index contributed by atoms with van der Waals surface area (Å²) in [6.07, 6.45) is 3.27. The molecular formula is C23H27N5O4. The van der Waals surface area contributed by atoms with E-state index in [1.807, 2.05) is 24.0 Å². The first-order valence-corrected chi connectivity index (χ1v) is 10.7. The number of benzene rings is 1. The number of hydrogen-bond donors (Lipinski definition) is 0. The lowest BCUT2D eigenvalue weighted by Gasteiger charge is -2.24. The maximum atomic E-state index is 13.2. The smallest absolute Gasteiger partial charge is 0.261 e. The summed E-state index contributed by atoms with van der Waals surface area (Å²) in [4.78, 5) is 26.3. The van der Waals surface area contributed by atoms with Crippen LogP contribution in [0.3, 0.4) is 0 Å². The topological polar surface area (TPSA) is 93.8 Å². The van der Waals surface area contributed by atoms with E-state index in [0.717, 1.165) is 24.3 Å². The summed E-state index contributed by atoms with van der Waals surface area (Å²) >= 11 is 0. The first-order chi connectivity index (χ1) is 15.6. The van der Waals surface area contributed by atoms with Crippen molar-refractivity contribution in [3.63, 3.8) is 0 Å². The summed E-state index contributed by atoms with van der Waals surface area (Å²) in [5.74, 6) is 3.05. The fourth-order valence-corrected chi connectivity index (χ4v) is 3.77. The normalized spacial score (nSPS) is 14.2. The van der Waals surface area contributed by atoms with E-state index in [1.54, 1.807) is 38.6 Å². The Hall–Kier alpha value is -3.62. The van der Waals surface area contributed by atoms with Crippen LogP contribution in [0.1, 0.15) is 29.5 Å². The molecule has 1 aliphatic heterocycles. The molecule has 4 rings (SSSR count). The monoisotopic (exact) mass is 437 g/mol. The van der Waals surface area contributed by atoms with Crippen LogP contribution in [-0.4, -0.2) is 66.3 Å². The second-order valence-corrected chi connectivity index (χ2v) is 7.48. The second kappa shape index (κ2) is 9.67. The minimum Gasteiger partial charge on any atom is -0.497 e. The summed E-state index contributed by atoms with van der Waals surface area (Å²) in [6, 6.07) is 9.03. The Morgan fingerprint density at radius 3 is 2.56 bits per heavy atom. The molecule has 0 atom stereocenters. The number of carbonyl (C=O) groups is 1. The van der Waals surface area contributed by atoms with Crippen molar-refractivity contribution in [2.24, 2.45) is 0 Å². The van der Waals surface area contributed by atoms with Crippen molar-refractivity contribution in [2.45, 2.75) is 19.8 Å². The lowest BCUT2D eigenvalue weighted by atomic mass is 10.1. The van der Waals surface area contributed by atoms with E-state index in [-0.39, 0.29) is 5.91 Å². The van der Waals surface area contributed by atoms with Gasteiger partial charge >= 0.3 is 0 Å². The summed E-state index contributed by atoms with van der Waals surface area (Å²) in [5, 5.41) is 4.01. The first kappa shape index (κ1) is 21.6. The molecule has 1 fully saturated rings. The van der Waals surface area contributed by atoms with Crippen LogP contribution < -0.4 is 14.4 Å². The highest BCUT2D eigenvalue weighted by molar-refractivity contribution is 5.95. The number of pyridine rings is 1. The molecule has 1 aliphatic rings. The Bertz CT molecular complexity index is 1060. The van der Waals surface area contributed by atoms with E-state index in [9.17, 15) is 4.79 Å². The van der Waals surface area contributed by atoms with E-state index >= 15 is 0 Å². The van der Waals surface area contributed by atoms with Crippen LogP contribution in [0.2, 0.25) is 0 Å². The minimum atomic E-state index is -0.0465. The number of amides is 1. The molecule has 1 aromatic carbocycles. The summed E-state index contributed by atoms with van der Waals surface area (Å²) in [5.41, 5.74) is 1.35. The van der Waals surface area contributed by atoms with Crippen molar-refractivity contribution < 1.29 is 18.8 Å². The molecule has 0 N–H and O–H groups in total. The quantitative estimate of drug-likeness (QED) is 0.581. The Kier molecular flexibility index (Phi) is 6.53. The van der Waals surface area contributed by atoms with Gasteiger partial charge in [-0.15, -0.1) is 0 Å². The van der Waals surface area contributed by atoms with E-state index in [4.69, 9.17) is 14.0 Å². The molecule has 0 spiro atoms. The third-order valence-corrected chi connectivity index (χ3v) is 5.48. The molecular weight excluding hydrogens is 410 g/mol. The van der Waals surface area contributed by atoms with Crippen LogP contribution in [0.25, 0.3) is 11.5 Å². The third kappa shape index (κ3) is 4.51. The molecule has 3 aromatic rings. The van der Waals surface area contributed by atoms with Crippen LogP contribution in [0.5, 0.6) is 11.5 Å². The van der Waals surface area contributed by atoms with E-state index in [0.29, 0.717) is 54.8 Å². The van der Waals surface area contributed by atoms with Gasteiger partial charge < -0.3 is 23.8 Å². The van der Waals surface area contributed by atoms with E-state index in [1.165, 1.54) is 0 Å². The third-order valence-electron chi connectivity index (χ3n) is 5.48. The zero-order chi connectivity index (χ0) is 22.5. The molecule has 32 heavy (non-hydrogen) atoms. The zero-order valence-corrected chi connectivity index (χ0v) is 18.6. The van der Waals surface area contributed by atoms with Gasteiger partial charge in [0, 0.05) is 50.4 Å². The molecule has 2 aromatic heterocycles. The number of aromatic nitrogens is 3. The molecule has 3 heterocycles. The van der Waals surface area contributed by atoms with Crippen LogP contribution >= 0.6 is 0 Å². The molecule has 0 unspecified atom stereocenters. The van der Waals surface area contributed by atoms with Crippen molar-refractivity contribution in [2.75, 3.05) is 45.3 Å². The standard InChI is InChI=1S/C23H27N5O4/c1-4-20-25-22(32-26-20)19-7-5-8-24-21(19)27-9-6-10-28(12-11-27)23(29)16-13-17(30-2)15-18(14-16)31-3/h5,7-8,13-15H,4,6,9-12H2,1-3H3. The highest BCUT2D eigenvalue weighted by atomic mass is 16.5. The molecule has 9 nitrogen and oxygen atoms in total. The second-order valence-electron chi connectivity index (χ2n) is 7.48. The van der Waals surface area contributed by atoms with E-state index < -0.39 is 0 Å². The van der Waals surface area contributed by atoms with Crippen molar-refractivity contribution in [3.05, 3.63) is 47.9 Å². The van der Waals surface area contributed by atoms with Crippen LogP contribution in [0.15, 0.2) is 41.1 Å². The van der Waals surface area contributed by atoms with Crippen molar-refractivity contribution >= 4 is 11.7 Å². The number of carbonyl (C=O) groups excluding carboxylic acids is 1. The van der Waals surface area contributed by atoms with Gasteiger partial charge in [0.15, 0.2) is 5.82 Å². The molecule has 0 bridgehead atoms. The number of rotatable bonds is 6. The van der Waals surface area contributed by atoms with Crippen LogP contribution in [0, 0.1) is 0 Å². The van der Waals surface area contributed by atoms with Gasteiger partial charge in [0.05, 0.1) is 19.8 Å². The van der Waals surface area contributed by atoms with Crippen molar-refractivity contribution in [1.82, 2.24) is 20.0 Å². The van der Waals surface area contributed by atoms with Gasteiger partial charge in [-0.3, -0.25) is 4.79 Å². The maximum absolute atomic E-state index is 13.2. The minimum absolute atomic E-state index is 0.0465. The maximum Gasteiger partial charge on any atom is 0.261 e. The van der Waals surface area contributed by atoms with Crippen LogP contribution in [0.4, 0.5) is 5.82 Å². The van der Waals surface area contributed by atoms with Gasteiger partial charge in [-0.1, -0.05) is 12.1 Å². The predicted molar refractivity (Wildman–Crippen MR) is 119 cm³/mol. The van der Waals surface area contributed by atoms with Crippen molar-refractivity contribution in [1.29, 1.82) is 0 Å². The number of anilines is 1. The summed E-state index contributed by atoms with van der Waals surface area (Å²) in [7, 11) is 3.15. The van der Waals surface area contributed by atoms with Crippen molar-refractivity contribution in [3.8, 4) is 23.0 Å². The molecule has 1 saturated heterocycles. The molecule has 168 valence electrons. The zero-order valence-electron chi connectivity index (χ0n) is 18.6. The Morgan fingerprint density at radius 1 is 1.09 bits per heavy atom. The number of aryl methyl sites for hydroxylation is 1. The van der Waals surface area contributed by atoms with E-state index in [2.05, 4.69) is 20.0 Å². The number of nitrogens with zero attached hydrogens (tertiary/aromatic N) is 5. The molecule has 0 radical (unpaired) electrons. The van der Waals surface area contributed by atoms with Gasteiger partial charge in [-0.25, -0.2) is 4.98 Å². The number of hydrogen-bond acceptors (Lipinski definition) is 8. The van der Waals surface area contributed by atoms with Gasteiger partial charge in [0.2, 0.25) is 0 Å².